The smallest absolute Gasteiger partial charge is 0.191 e. The van der Waals surface area contributed by atoms with Crippen LogP contribution in [0.3, 0.4) is 0 Å². The molecule has 6 nitrogen and oxygen atoms in total. The second-order valence-electron chi connectivity index (χ2n) is 5.91. The fourth-order valence-corrected chi connectivity index (χ4v) is 2.26. The number of nitrogens with zero attached hydrogens (tertiary/aromatic N) is 2. The van der Waals surface area contributed by atoms with Gasteiger partial charge in [-0.2, -0.15) is 0 Å². The number of methoxy groups -OCH3 is 1. The van der Waals surface area contributed by atoms with Crippen molar-refractivity contribution in [1.82, 2.24) is 15.8 Å². The van der Waals surface area contributed by atoms with Gasteiger partial charge in [0.2, 0.25) is 0 Å². The Morgan fingerprint density at radius 2 is 1.92 bits per heavy atom. The number of hydrogen-bond acceptors (Lipinski definition) is 4. The van der Waals surface area contributed by atoms with Crippen LogP contribution in [0.5, 0.6) is 0 Å². The van der Waals surface area contributed by atoms with E-state index in [1.165, 1.54) is 5.56 Å². The van der Waals surface area contributed by atoms with E-state index in [2.05, 4.69) is 52.8 Å². The summed E-state index contributed by atoms with van der Waals surface area (Å²) in [7, 11) is 3.45. The van der Waals surface area contributed by atoms with Gasteiger partial charge in [0.1, 0.15) is 0 Å². The summed E-state index contributed by atoms with van der Waals surface area (Å²) in [4.78, 5) is 4.23. The van der Waals surface area contributed by atoms with Gasteiger partial charge in [0.15, 0.2) is 11.7 Å². The zero-order valence-electron chi connectivity index (χ0n) is 15.2. The highest BCUT2D eigenvalue weighted by atomic mass is 127. The maximum atomic E-state index is 5.32. The Labute approximate surface area is 166 Å². The maximum Gasteiger partial charge on any atom is 0.191 e. The van der Waals surface area contributed by atoms with Crippen LogP contribution in [-0.4, -0.2) is 25.3 Å². The minimum Gasteiger partial charge on any atom is -0.380 e. The molecule has 0 spiro atoms. The average Bonchev–Trinajstić information content (AvgIpc) is 3.05. The molecule has 2 aromatic rings. The number of hydrogen-bond donors (Lipinski definition) is 2. The monoisotopic (exact) mass is 458 g/mol. The van der Waals surface area contributed by atoms with Crippen LogP contribution in [0, 0.1) is 0 Å². The van der Waals surface area contributed by atoms with Gasteiger partial charge in [-0.3, -0.25) is 4.99 Å². The summed E-state index contributed by atoms with van der Waals surface area (Å²) in [6.45, 7) is 6.03. The number of nitrogens with one attached hydrogen (secondary N) is 2. The van der Waals surface area contributed by atoms with Crippen molar-refractivity contribution in [2.75, 3.05) is 14.2 Å². The van der Waals surface area contributed by atoms with Gasteiger partial charge >= 0.3 is 0 Å². The van der Waals surface area contributed by atoms with Crippen molar-refractivity contribution < 1.29 is 9.26 Å². The molecule has 1 aromatic carbocycles. The molecule has 0 saturated carbocycles. The standard InChI is InChI=1S/C18H26N4O2.HI/c1-13(2)17-9-16(24-22-17)11-21-18(19-3)20-10-14-6-5-7-15(8-14)12-23-4;/h5-9,13H,10-12H2,1-4H3,(H2,19,20,21);1H. The van der Waals surface area contributed by atoms with Crippen LogP contribution < -0.4 is 10.6 Å². The van der Waals surface area contributed by atoms with Crippen LogP contribution in [-0.2, 0) is 24.4 Å². The van der Waals surface area contributed by atoms with E-state index in [-0.39, 0.29) is 24.0 Å². The second kappa shape index (κ2) is 11.1. The van der Waals surface area contributed by atoms with Gasteiger partial charge in [0, 0.05) is 26.8 Å². The predicted octanol–water partition coefficient (Wildman–Crippen LogP) is 3.43. The summed E-state index contributed by atoms with van der Waals surface area (Å²) < 4.78 is 10.5. The van der Waals surface area contributed by atoms with E-state index < -0.39 is 0 Å². The van der Waals surface area contributed by atoms with Gasteiger partial charge in [-0.25, -0.2) is 0 Å². The van der Waals surface area contributed by atoms with E-state index in [4.69, 9.17) is 9.26 Å². The third-order valence-electron chi connectivity index (χ3n) is 3.58. The van der Waals surface area contributed by atoms with Crippen LogP contribution in [0.2, 0.25) is 0 Å². The molecule has 0 aliphatic rings. The molecule has 0 unspecified atom stereocenters. The Hall–Kier alpha value is -1.61. The third-order valence-corrected chi connectivity index (χ3v) is 3.58. The Morgan fingerprint density at radius 1 is 1.20 bits per heavy atom. The number of halogens is 1. The fraction of sp³-hybridized carbons (Fsp3) is 0.444. The summed E-state index contributed by atoms with van der Waals surface area (Å²) in [5.74, 6) is 1.87. The molecule has 138 valence electrons. The zero-order chi connectivity index (χ0) is 17.4. The zero-order valence-corrected chi connectivity index (χ0v) is 17.5. The summed E-state index contributed by atoms with van der Waals surface area (Å²) in [5, 5.41) is 10.6. The molecule has 2 N–H and O–H groups in total. The number of rotatable bonds is 7. The number of ether oxygens (including phenoxy) is 1. The van der Waals surface area contributed by atoms with Gasteiger partial charge in [0.25, 0.3) is 0 Å². The van der Waals surface area contributed by atoms with Crippen molar-refractivity contribution in [2.45, 2.75) is 39.5 Å². The van der Waals surface area contributed by atoms with E-state index in [1.807, 2.05) is 12.1 Å². The molecule has 1 aromatic heterocycles. The molecule has 7 heteroatoms. The highest BCUT2D eigenvalue weighted by Gasteiger charge is 2.08. The van der Waals surface area contributed by atoms with Crippen LogP contribution in [0.25, 0.3) is 0 Å². The summed E-state index contributed by atoms with van der Waals surface area (Å²) in [6.07, 6.45) is 0. The Morgan fingerprint density at radius 3 is 2.56 bits per heavy atom. The van der Waals surface area contributed by atoms with Crippen molar-refractivity contribution in [3.8, 4) is 0 Å². The number of guanidine groups is 1. The molecule has 1 heterocycles. The quantitative estimate of drug-likeness (QED) is 0.378. The molecule has 0 amide bonds. The first kappa shape index (κ1) is 21.4. The predicted molar refractivity (Wildman–Crippen MR) is 110 cm³/mol. The van der Waals surface area contributed by atoms with Crippen LogP contribution >= 0.6 is 24.0 Å². The van der Waals surface area contributed by atoms with E-state index in [9.17, 15) is 0 Å². The lowest BCUT2D eigenvalue weighted by molar-refractivity contribution is 0.185. The number of aliphatic imine (C=N–C) groups is 1. The Kier molecular flexibility index (Phi) is 9.51. The SMILES string of the molecule is CN=C(NCc1cccc(COC)c1)NCc1cc(C(C)C)no1.I. The van der Waals surface area contributed by atoms with Gasteiger partial charge in [-0.15, -0.1) is 24.0 Å². The van der Waals surface area contributed by atoms with Gasteiger partial charge < -0.3 is 19.9 Å². The molecule has 0 aliphatic heterocycles. The molecule has 2 rings (SSSR count). The first-order valence-corrected chi connectivity index (χ1v) is 8.09. The molecule has 0 radical (unpaired) electrons. The molecular weight excluding hydrogens is 431 g/mol. The Bertz CT molecular complexity index is 671. The van der Waals surface area contributed by atoms with E-state index in [0.29, 0.717) is 25.6 Å². The fourth-order valence-electron chi connectivity index (χ4n) is 2.26. The van der Waals surface area contributed by atoms with Crippen molar-refractivity contribution >= 4 is 29.9 Å². The van der Waals surface area contributed by atoms with Crippen molar-refractivity contribution in [3.05, 3.63) is 52.9 Å². The summed E-state index contributed by atoms with van der Waals surface area (Å²) in [6, 6.07) is 10.2. The van der Waals surface area contributed by atoms with Gasteiger partial charge in [-0.05, 0) is 17.0 Å². The minimum absolute atomic E-state index is 0. The third kappa shape index (κ3) is 7.03. The van der Waals surface area contributed by atoms with E-state index in [0.717, 1.165) is 23.0 Å². The lowest BCUT2D eigenvalue weighted by atomic mass is 10.1. The van der Waals surface area contributed by atoms with Crippen LogP contribution in [0.15, 0.2) is 39.8 Å². The Balaban J connectivity index is 0.00000312. The molecule has 0 atom stereocenters. The number of benzene rings is 1. The van der Waals surface area contributed by atoms with E-state index >= 15 is 0 Å². The lowest BCUT2D eigenvalue weighted by Crippen LogP contribution is -2.36. The highest BCUT2D eigenvalue weighted by Crippen LogP contribution is 2.13. The molecule has 0 fully saturated rings. The van der Waals surface area contributed by atoms with Crippen molar-refractivity contribution in [3.63, 3.8) is 0 Å². The van der Waals surface area contributed by atoms with Crippen molar-refractivity contribution in [2.24, 2.45) is 4.99 Å². The molecule has 0 aliphatic carbocycles. The molecule has 0 bridgehead atoms. The van der Waals surface area contributed by atoms with Crippen molar-refractivity contribution in [1.29, 1.82) is 0 Å². The highest BCUT2D eigenvalue weighted by molar-refractivity contribution is 14.0. The molecule has 0 saturated heterocycles. The maximum absolute atomic E-state index is 5.32. The van der Waals surface area contributed by atoms with E-state index in [1.54, 1.807) is 14.2 Å². The first-order chi connectivity index (χ1) is 11.6. The molecular formula is C18H27IN4O2. The minimum atomic E-state index is 0. The van der Waals surface area contributed by atoms with Crippen LogP contribution in [0.4, 0.5) is 0 Å². The first-order valence-electron chi connectivity index (χ1n) is 8.09. The van der Waals surface area contributed by atoms with Crippen LogP contribution in [0.1, 0.15) is 42.3 Å². The average molecular weight is 458 g/mol. The van der Waals surface area contributed by atoms with Gasteiger partial charge in [-0.1, -0.05) is 43.3 Å². The number of aromatic nitrogens is 1. The summed E-state index contributed by atoms with van der Waals surface area (Å²) in [5.41, 5.74) is 3.29. The lowest BCUT2D eigenvalue weighted by Gasteiger charge is -2.11. The molecule has 25 heavy (non-hydrogen) atoms. The normalized spacial score (nSPS) is 11.3. The second-order valence-corrected chi connectivity index (χ2v) is 5.91. The van der Waals surface area contributed by atoms with Gasteiger partial charge in [0.05, 0.1) is 18.8 Å². The topological polar surface area (TPSA) is 71.7 Å². The largest absolute Gasteiger partial charge is 0.380 e. The summed E-state index contributed by atoms with van der Waals surface area (Å²) >= 11 is 0.